The van der Waals surface area contributed by atoms with E-state index in [0.29, 0.717) is 12.8 Å². The number of sulfone groups is 1. The maximum absolute atomic E-state index is 11.9. The van der Waals surface area contributed by atoms with Gasteiger partial charge < -0.3 is 5.11 Å². The lowest BCUT2D eigenvalue weighted by Gasteiger charge is -2.12. The van der Waals surface area contributed by atoms with Crippen molar-refractivity contribution in [3.8, 4) is 0 Å². The molecule has 1 fully saturated rings. The summed E-state index contributed by atoms with van der Waals surface area (Å²) in [6.45, 7) is 0. The molecule has 17 heavy (non-hydrogen) atoms. The van der Waals surface area contributed by atoms with Crippen molar-refractivity contribution in [3.63, 3.8) is 0 Å². The van der Waals surface area contributed by atoms with Crippen LogP contribution in [-0.4, -0.2) is 25.2 Å². The second-order valence-electron chi connectivity index (χ2n) is 4.68. The fraction of sp³-hybridized carbons (Fsp3) is 0.545. The fourth-order valence-corrected chi connectivity index (χ4v) is 5.25. The zero-order chi connectivity index (χ0) is 12.5. The highest BCUT2D eigenvalue weighted by Gasteiger charge is 2.47. The molecule has 0 aliphatic heterocycles. The van der Waals surface area contributed by atoms with Gasteiger partial charge in [0.25, 0.3) is 0 Å². The highest BCUT2D eigenvalue weighted by atomic mass is 32.2. The summed E-state index contributed by atoms with van der Waals surface area (Å²) in [5.74, 6) is -0.871. The minimum Gasteiger partial charge on any atom is -0.481 e. The van der Waals surface area contributed by atoms with Gasteiger partial charge >= 0.3 is 5.97 Å². The molecule has 1 aliphatic carbocycles. The number of thiophene rings is 1. The summed E-state index contributed by atoms with van der Waals surface area (Å²) in [7, 11) is -3.20. The zero-order valence-electron chi connectivity index (χ0n) is 9.26. The maximum atomic E-state index is 11.9. The molecular weight excluding hydrogens is 260 g/mol. The lowest BCUT2D eigenvalue weighted by Crippen LogP contribution is -2.21. The van der Waals surface area contributed by atoms with Gasteiger partial charge in [0, 0.05) is 4.88 Å². The topological polar surface area (TPSA) is 71.4 Å². The Morgan fingerprint density at radius 2 is 2.18 bits per heavy atom. The van der Waals surface area contributed by atoms with Crippen LogP contribution in [0.25, 0.3) is 0 Å². The van der Waals surface area contributed by atoms with E-state index < -0.39 is 21.2 Å². The maximum Gasteiger partial charge on any atom is 0.303 e. The van der Waals surface area contributed by atoms with Crippen LogP contribution in [0.1, 0.15) is 24.1 Å². The van der Waals surface area contributed by atoms with Crippen LogP contribution in [0.3, 0.4) is 0 Å². The molecule has 6 heteroatoms. The Kier molecular flexibility index (Phi) is 3.27. The zero-order valence-corrected chi connectivity index (χ0v) is 10.9. The van der Waals surface area contributed by atoms with Crippen LogP contribution < -0.4 is 0 Å². The van der Waals surface area contributed by atoms with E-state index in [2.05, 4.69) is 0 Å². The second kappa shape index (κ2) is 4.42. The first kappa shape index (κ1) is 12.6. The first-order chi connectivity index (χ1) is 7.91. The molecule has 1 N–H and O–H groups in total. The third-order valence-electron chi connectivity index (χ3n) is 2.95. The first-order valence-electron chi connectivity index (χ1n) is 5.35. The molecule has 0 bridgehead atoms. The Hall–Kier alpha value is -0.880. The lowest BCUT2D eigenvalue weighted by molar-refractivity contribution is -0.138. The fourth-order valence-electron chi connectivity index (χ4n) is 2.00. The van der Waals surface area contributed by atoms with Crippen molar-refractivity contribution in [2.75, 3.05) is 5.75 Å². The van der Waals surface area contributed by atoms with Crippen LogP contribution in [-0.2, 0) is 20.4 Å². The summed E-state index contributed by atoms with van der Waals surface area (Å²) < 4.78 is 23.9. The van der Waals surface area contributed by atoms with E-state index in [4.69, 9.17) is 5.11 Å². The molecule has 0 saturated heterocycles. The van der Waals surface area contributed by atoms with E-state index in [0.717, 1.165) is 4.88 Å². The monoisotopic (exact) mass is 274 g/mol. The summed E-state index contributed by atoms with van der Waals surface area (Å²) in [6, 6.07) is 3.61. The highest BCUT2D eigenvalue weighted by molar-refractivity contribution is 7.90. The van der Waals surface area contributed by atoms with E-state index in [1.54, 1.807) is 6.07 Å². The molecule has 1 heterocycles. The van der Waals surface area contributed by atoms with E-state index in [1.807, 2.05) is 11.4 Å². The quantitative estimate of drug-likeness (QED) is 0.860. The van der Waals surface area contributed by atoms with Crippen molar-refractivity contribution in [1.29, 1.82) is 0 Å². The molecule has 94 valence electrons. The normalized spacial score (nSPS) is 17.9. The average Bonchev–Trinajstić information content (AvgIpc) is 2.72. The summed E-state index contributed by atoms with van der Waals surface area (Å²) in [5, 5.41) is 10.6. The minimum absolute atomic E-state index is 0.00417. The number of hydrogen-bond donors (Lipinski definition) is 1. The van der Waals surface area contributed by atoms with E-state index in [-0.39, 0.29) is 17.9 Å². The number of carboxylic acid groups (broad SMARTS) is 1. The third-order valence-corrected chi connectivity index (χ3v) is 5.81. The van der Waals surface area contributed by atoms with Crippen LogP contribution in [0.4, 0.5) is 0 Å². The van der Waals surface area contributed by atoms with Gasteiger partial charge in [-0.15, -0.1) is 11.3 Å². The smallest absolute Gasteiger partial charge is 0.303 e. The van der Waals surface area contributed by atoms with E-state index >= 15 is 0 Å². The second-order valence-corrected chi connectivity index (χ2v) is 7.78. The molecular formula is C11H14O4S2. The number of hydrogen-bond acceptors (Lipinski definition) is 4. The Morgan fingerprint density at radius 3 is 2.65 bits per heavy atom. The van der Waals surface area contributed by atoms with Crippen molar-refractivity contribution in [3.05, 3.63) is 22.4 Å². The summed E-state index contributed by atoms with van der Waals surface area (Å²) in [5.41, 5.74) is -0.484. The molecule has 1 aliphatic rings. The molecule has 0 amide bonds. The molecule has 0 radical (unpaired) electrons. The Morgan fingerprint density at radius 1 is 1.47 bits per heavy atom. The Bertz CT molecular complexity index is 498. The molecule has 2 rings (SSSR count). The first-order valence-corrected chi connectivity index (χ1v) is 8.06. The minimum atomic E-state index is -3.20. The van der Waals surface area contributed by atoms with Crippen molar-refractivity contribution in [1.82, 2.24) is 0 Å². The standard InChI is InChI=1S/C11H14O4S2/c12-10(13)6-11(3-4-11)8-17(14,15)7-9-2-1-5-16-9/h1-2,5H,3-4,6-8H2,(H,12,13). The molecule has 0 spiro atoms. The van der Waals surface area contributed by atoms with Gasteiger partial charge in [0.1, 0.15) is 0 Å². The Labute approximate surface area is 104 Å². The van der Waals surface area contributed by atoms with Crippen molar-refractivity contribution >= 4 is 27.1 Å². The van der Waals surface area contributed by atoms with Gasteiger partial charge in [-0.3, -0.25) is 4.79 Å². The molecule has 0 atom stereocenters. The number of rotatable bonds is 6. The summed E-state index contributed by atoms with van der Waals surface area (Å²) in [4.78, 5) is 11.5. The van der Waals surface area contributed by atoms with Crippen molar-refractivity contribution < 1.29 is 18.3 Å². The van der Waals surface area contributed by atoms with Crippen LogP contribution >= 0.6 is 11.3 Å². The van der Waals surface area contributed by atoms with Crippen LogP contribution in [0.5, 0.6) is 0 Å². The number of carbonyl (C=O) groups is 1. The molecule has 0 unspecified atom stereocenters. The summed E-state index contributed by atoms with van der Waals surface area (Å²) in [6.07, 6.45) is 1.39. The van der Waals surface area contributed by atoms with Gasteiger partial charge in [-0.1, -0.05) is 6.07 Å². The van der Waals surface area contributed by atoms with Crippen molar-refractivity contribution in [2.45, 2.75) is 25.0 Å². The van der Waals surface area contributed by atoms with Gasteiger partial charge in [0.2, 0.25) is 0 Å². The van der Waals surface area contributed by atoms with Gasteiger partial charge in [-0.2, -0.15) is 0 Å². The molecule has 1 saturated carbocycles. The predicted octanol–water partition coefficient (Wildman–Crippen LogP) is 1.92. The molecule has 0 aromatic carbocycles. The van der Waals surface area contributed by atoms with E-state index in [9.17, 15) is 13.2 Å². The highest BCUT2D eigenvalue weighted by Crippen LogP contribution is 2.50. The van der Waals surface area contributed by atoms with Crippen LogP contribution in [0.15, 0.2) is 17.5 Å². The van der Waals surface area contributed by atoms with Gasteiger partial charge in [-0.05, 0) is 29.7 Å². The van der Waals surface area contributed by atoms with Crippen molar-refractivity contribution in [2.24, 2.45) is 5.41 Å². The average molecular weight is 274 g/mol. The largest absolute Gasteiger partial charge is 0.481 e. The van der Waals surface area contributed by atoms with Gasteiger partial charge in [-0.25, -0.2) is 8.42 Å². The molecule has 1 aromatic rings. The van der Waals surface area contributed by atoms with Gasteiger partial charge in [0.15, 0.2) is 9.84 Å². The number of carboxylic acids is 1. The van der Waals surface area contributed by atoms with Gasteiger partial charge in [0.05, 0.1) is 17.9 Å². The third kappa shape index (κ3) is 3.54. The van der Waals surface area contributed by atoms with Crippen LogP contribution in [0, 0.1) is 5.41 Å². The summed E-state index contributed by atoms with van der Waals surface area (Å²) >= 11 is 1.41. The SMILES string of the molecule is O=C(O)CC1(CS(=O)(=O)Cc2cccs2)CC1. The number of aliphatic carboxylic acids is 1. The Balaban J connectivity index is 2.00. The van der Waals surface area contributed by atoms with Crippen LogP contribution in [0.2, 0.25) is 0 Å². The lowest BCUT2D eigenvalue weighted by atomic mass is 10.1. The molecule has 4 nitrogen and oxygen atoms in total. The van der Waals surface area contributed by atoms with E-state index in [1.165, 1.54) is 11.3 Å². The molecule has 1 aromatic heterocycles. The predicted molar refractivity (Wildman–Crippen MR) is 65.7 cm³/mol.